The molecule has 0 saturated heterocycles. The van der Waals surface area contributed by atoms with Crippen LogP contribution >= 0.6 is 15.9 Å². The van der Waals surface area contributed by atoms with Gasteiger partial charge in [0.15, 0.2) is 0 Å². The second kappa shape index (κ2) is 5.77. The van der Waals surface area contributed by atoms with Gasteiger partial charge >= 0.3 is 0 Å². The standard InChI is InChI=1S/C13H14BrN3/c1-2-8-15-13-11(14)12(16-9-17-13)10-6-4-3-5-7-10/h3-7,9H,2,8H2,1H3,(H,15,16,17). The first-order valence-electron chi connectivity index (χ1n) is 5.62. The van der Waals surface area contributed by atoms with Crippen molar-refractivity contribution in [3.05, 3.63) is 41.1 Å². The summed E-state index contributed by atoms with van der Waals surface area (Å²) in [5.41, 5.74) is 2.00. The van der Waals surface area contributed by atoms with E-state index < -0.39 is 0 Å². The summed E-state index contributed by atoms with van der Waals surface area (Å²) < 4.78 is 0.916. The largest absolute Gasteiger partial charge is 0.369 e. The summed E-state index contributed by atoms with van der Waals surface area (Å²) in [4.78, 5) is 8.55. The average molecular weight is 292 g/mol. The van der Waals surface area contributed by atoms with E-state index in [0.717, 1.165) is 34.5 Å². The van der Waals surface area contributed by atoms with Crippen molar-refractivity contribution in [2.75, 3.05) is 11.9 Å². The van der Waals surface area contributed by atoms with Gasteiger partial charge in [0, 0.05) is 12.1 Å². The molecule has 0 amide bonds. The van der Waals surface area contributed by atoms with Crippen LogP contribution in [0.4, 0.5) is 5.82 Å². The molecule has 17 heavy (non-hydrogen) atoms. The molecule has 0 aliphatic heterocycles. The Morgan fingerprint density at radius 1 is 1.18 bits per heavy atom. The number of nitrogens with one attached hydrogen (secondary N) is 1. The number of hydrogen-bond acceptors (Lipinski definition) is 3. The molecule has 3 nitrogen and oxygen atoms in total. The fourth-order valence-electron chi connectivity index (χ4n) is 1.53. The van der Waals surface area contributed by atoms with Gasteiger partial charge in [0.25, 0.3) is 0 Å². The van der Waals surface area contributed by atoms with Crippen molar-refractivity contribution >= 4 is 21.7 Å². The Kier molecular flexibility index (Phi) is 4.09. The minimum atomic E-state index is 0.848. The van der Waals surface area contributed by atoms with Gasteiger partial charge in [-0.15, -0.1) is 0 Å². The second-order valence-corrected chi connectivity index (χ2v) is 4.47. The lowest BCUT2D eigenvalue weighted by Crippen LogP contribution is -2.04. The first-order chi connectivity index (χ1) is 8.33. The summed E-state index contributed by atoms with van der Waals surface area (Å²) in [7, 11) is 0. The van der Waals surface area contributed by atoms with Crippen LogP contribution < -0.4 is 5.32 Å². The van der Waals surface area contributed by atoms with E-state index in [4.69, 9.17) is 0 Å². The molecule has 0 radical (unpaired) electrons. The van der Waals surface area contributed by atoms with Crippen molar-refractivity contribution in [1.29, 1.82) is 0 Å². The third-order valence-corrected chi connectivity index (χ3v) is 3.13. The van der Waals surface area contributed by atoms with Gasteiger partial charge in [0.2, 0.25) is 0 Å². The van der Waals surface area contributed by atoms with Crippen LogP contribution in [0.2, 0.25) is 0 Å². The minimum Gasteiger partial charge on any atom is -0.369 e. The summed E-state index contributed by atoms with van der Waals surface area (Å²) in [6.07, 6.45) is 2.65. The molecule has 2 rings (SSSR count). The molecule has 0 bridgehead atoms. The first-order valence-corrected chi connectivity index (χ1v) is 6.42. The molecule has 0 saturated carbocycles. The van der Waals surface area contributed by atoms with Gasteiger partial charge in [-0.1, -0.05) is 37.3 Å². The Balaban J connectivity index is 2.36. The molecular formula is C13H14BrN3. The number of halogens is 1. The molecule has 0 spiro atoms. The molecule has 1 aromatic heterocycles. The number of nitrogens with zero attached hydrogens (tertiary/aromatic N) is 2. The Labute approximate surface area is 109 Å². The molecular weight excluding hydrogens is 278 g/mol. The summed E-state index contributed by atoms with van der Waals surface area (Å²) >= 11 is 3.56. The Bertz CT molecular complexity index is 485. The van der Waals surface area contributed by atoms with Crippen molar-refractivity contribution in [3.8, 4) is 11.3 Å². The summed E-state index contributed by atoms with van der Waals surface area (Å²) in [5, 5.41) is 3.27. The lowest BCUT2D eigenvalue weighted by Gasteiger charge is -2.09. The second-order valence-electron chi connectivity index (χ2n) is 3.68. The van der Waals surface area contributed by atoms with Crippen LogP contribution in [0.5, 0.6) is 0 Å². The number of anilines is 1. The van der Waals surface area contributed by atoms with Gasteiger partial charge in [0.05, 0.1) is 10.2 Å². The molecule has 4 heteroatoms. The fourth-order valence-corrected chi connectivity index (χ4v) is 2.11. The summed E-state index contributed by atoms with van der Waals surface area (Å²) in [5.74, 6) is 0.848. The fraction of sp³-hybridized carbons (Fsp3) is 0.231. The zero-order valence-electron chi connectivity index (χ0n) is 9.65. The summed E-state index contributed by atoms with van der Waals surface area (Å²) in [6, 6.07) is 10.1. The average Bonchev–Trinajstić information content (AvgIpc) is 2.39. The Morgan fingerprint density at radius 2 is 1.94 bits per heavy atom. The third kappa shape index (κ3) is 2.82. The van der Waals surface area contributed by atoms with Crippen LogP contribution in [0, 0.1) is 0 Å². The van der Waals surface area contributed by atoms with E-state index >= 15 is 0 Å². The van der Waals surface area contributed by atoms with Crippen LogP contribution in [0.15, 0.2) is 41.1 Å². The minimum absolute atomic E-state index is 0.848. The van der Waals surface area contributed by atoms with Gasteiger partial charge in [-0.25, -0.2) is 9.97 Å². The monoisotopic (exact) mass is 291 g/mol. The van der Waals surface area contributed by atoms with Crippen LogP contribution in [-0.4, -0.2) is 16.5 Å². The highest BCUT2D eigenvalue weighted by atomic mass is 79.9. The molecule has 2 aromatic rings. The predicted molar refractivity (Wildman–Crippen MR) is 73.9 cm³/mol. The number of hydrogen-bond donors (Lipinski definition) is 1. The summed E-state index contributed by atoms with van der Waals surface area (Å²) in [6.45, 7) is 3.03. The van der Waals surface area contributed by atoms with E-state index in [9.17, 15) is 0 Å². The zero-order valence-corrected chi connectivity index (χ0v) is 11.2. The van der Waals surface area contributed by atoms with Gasteiger partial charge in [0.1, 0.15) is 12.1 Å². The van der Waals surface area contributed by atoms with Crippen molar-refractivity contribution in [2.45, 2.75) is 13.3 Å². The highest BCUT2D eigenvalue weighted by Crippen LogP contribution is 2.30. The van der Waals surface area contributed by atoms with Gasteiger partial charge in [-0.3, -0.25) is 0 Å². The van der Waals surface area contributed by atoms with E-state index in [1.165, 1.54) is 0 Å². The number of rotatable bonds is 4. The predicted octanol–water partition coefficient (Wildman–Crippen LogP) is 3.73. The maximum atomic E-state index is 4.32. The molecule has 1 N–H and O–H groups in total. The number of aromatic nitrogens is 2. The van der Waals surface area contributed by atoms with Crippen molar-refractivity contribution in [3.63, 3.8) is 0 Å². The van der Waals surface area contributed by atoms with Crippen LogP contribution in [0.3, 0.4) is 0 Å². The lowest BCUT2D eigenvalue weighted by molar-refractivity contribution is 0.962. The highest BCUT2D eigenvalue weighted by molar-refractivity contribution is 9.10. The van der Waals surface area contributed by atoms with E-state index in [0.29, 0.717) is 0 Å². The van der Waals surface area contributed by atoms with E-state index in [1.54, 1.807) is 6.33 Å². The molecule has 88 valence electrons. The van der Waals surface area contributed by atoms with E-state index in [-0.39, 0.29) is 0 Å². The van der Waals surface area contributed by atoms with Crippen molar-refractivity contribution in [2.24, 2.45) is 0 Å². The van der Waals surface area contributed by atoms with Crippen LogP contribution in [0.1, 0.15) is 13.3 Å². The van der Waals surface area contributed by atoms with Crippen molar-refractivity contribution in [1.82, 2.24) is 9.97 Å². The Hall–Kier alpha value is -1.42. The molecule has 0 aliphatic carbocycles. The maximum Gasteiger partial charge on any atom is 0.144 e. The number of benzene rings is 1. The van der Waals surface area contributed by atoms with E-state index in [2.05, 4.69) is 38.1 Å². The highest BCUT2D eigenvalue weighted by Gasteiger charge is 2.09. The SMILES string of the molecule is CCCNc1ncnc(-c2ccccc2)c1Br. The topological polar surface area (TPSA) is 37.8 Å². The van der Waals surface area contributed by atoms with Crippen molar-refractivity contribution < 1.29 is 0 Å². The molecule has 0 fully saturated rings. The third-order valence-electron chi connectivity index (χ3n) is 2.38. The smallest absolute Gasteiger partial charge is 0.144 e. The lowest BCUT2D eigenvalue weighted by atomic mass is 10.1. The molecule has 0 atom stereocenters. The van der Waals surface area contributed by atoms with Gasteiger partial charge in [-0.05, 0) is 22.4 Å². The molecule has 0 aliphatic rings. The van der Waals surface area contributed by atoms with Crippen LogP contribution in [-0.2, 0) is 0 Å². The Morgan fingerprint density at radius 3 is 2.65 bits per heavy atom. The zero-order chi connectivity index (χ0) is 12.1. The van der Waals surface area contributed by atoms with Gasteiger partial charge < -0.3 is 5.32 Å². The molecule has 0 unspecified atom stereocenters. The van der Waals surface area contributed by atoms with Crippen LogP contribution in [0.25, 0.3) is 11.3 Å². The normalized spacial score (nSPS) is 10.2. The van der Waals surface area contributed by atoms with Gasteiger partial charge in [-0.2, -0.15) is 0 Å². The quantitative estimate of drug-likeness (QED) is 0.933. The molecule has 1 heterocycles. The van der Waals surface area contributed by atoms with E-state index in [1.807, 2.05) is 30.3 Å². The first kappa shape index (κ1) is 12.0. The maximum absolute atomic E-state index is 4.32. The molecule has 1 aromatic carbocycles.